The molecule has 0 heterocycles. The monoisotopic (exact) mass is 248 g/mol. The molecule has 0 aromatic heterocycles. The molecule has 0 unspecified atom stereocenters. The van der Waals surface area contributed by atoms with Crippen molar-refractivity contribution >= 4 is 5.91 Å². The average Bonchev–Trinajstić information content (AvgIpc) is 2.35. The second-order valence-corrected chi connectivity index (χ2v) is 5.24. The van der Waals surface area contributed by atoms with Crippen LogP contribution in [0.1, 0.15) is 37.8 Å². The van der Waals surface area contributed by atoms with Gasteiger partial charge in [-0.3, -0.25) is 4.79 Å². The van der Waals surface area contributed by atoms with Crippen LogP contribution in [0.5, 0.6) is 0 Å². The maximum atomic E-state index is 12.2. The summed E-state index contributed by atoms with van der Waals surface area (Å²) in [6.07, 6.45) is 1.89. The number of nitrogens with one attached hydrogen (secondary N) is 1. The molecule has 0 saturated heterocycles. The van der Waals surface area contributed by atoms with E-state index in [9.17, 15) is 4.79 Å². The van der Waals surface area contributed by atoms with Crippen molar-refractivity contribution in [1.29, 1.82) is 0 Å². The zero-order valence-electron chi connectivity index (χ0n) is 11.6. The molecule has 0 bridgehead atoms. The lowest BCUT2D eigenvalue weighted by atomic mass is 9.83. The van der Waals surface area contributed by atoms with E-state index in [1.54, 1.807) is 0 Å². The van der Waals surface area contributed by atoms with Gasteiger partial charge in [0.2, 0.25) is 5.91 Å². The minimum atomic E-state index is -0.490. The topological polar surface area (TPSA) is 55.1 Å². The Kier molecular flexibility index (Phi) is 5.35. The number of aryl methyl sites for hydroxylation is 1. The van der Waals surface area contributed by atoms with Gasteiger partial charge in [-0.1, -0.05) is 29.8 Å². The van der Waals surface area contributed by atoms with Crippen molar-refractivity contribution in [2.75, 3.05) is 13.1 Å². The van der Waals surface area contributed by atoms with Gasteiger partial charge in [0.15, 0.2) is 0 Å². The molecular weight excluding hydrogens is 224 g/mol. The Morgan fingerprint density at radius 1 is 1.22 bits per heavy atom. The molecule has 0 aliphatic rings. The average molecular weight is 248 g/mol. The summed E-state index contributed by atoms with van der Waals surface area (Å²) in [7, 11) is 0. The van der Waals surface area contributed by atoms with E-state index in [1.165, 1.54) is 5.56 Å². The van der Waals surface area contributed by atoms with Crippen LogP contribution in [0.15, 0.2) is 24.3 Å². The fraction of sp³-hybridized carbons (Fsp3) is 0.533. The van der Waals surface area contributed by atoms with Gasteiger partial charge in [0.05, 0.1) is 5.41 Å². The van der Waals surface area contributed by atoms with Gasteiger partial charge in [0.25, 0.3) is 0 Å². The van der Waals surface area contributed by atoms with Gasteiger partial charge in [-0.2, -0.15) is 0 Å². The standard InChI is InChI=1S/C15H24N2O/c1-12-6-8-13(9-7-12)15(2,3)14(18)17-11-5-4-10-16/h6-9H,4-5,10-11,16H2,1-3H3,(H,17,18). The molecule has 1 aromatic rings. The Labute approximate surface area is 110 Å². The first-order valence-electron chi connectivity index (χ1n) is 6.54. The molecule has 0 atom stereocenters. The van der Waals surface area contributed by atoms with Crippen LogP contribution in [-0.2, 0) is 10.2 Å². The van der Waals surface area contributed by atoms with Crippen LogP contribution in [0, 0.1) is 6.92 Å². The fourth-order valence-electron chi connectivity index (χ4n) is 1.79. The first-order valence-corrected chi connectivity index (χ1v) is 6.54. The SMILES string of the molecule is Cc1ccc(C(C)(C)C(=O)NCCCCN)cc1. The van der Waals surface area contributed by atoms with Crippen molar-refractivity contribution in [2.45, 2.75) is 39.0 Å². The smallest absolute Gasteiger partial charge is 0.230 e. The molecule has 18 heavy (non-hydrogen) atoms. The largest absolute Gasteiger partial charge is 0.355 e. The van der Waals surface area contributed by atoms with E-state index in [4.69, 9.17) is 5.73 Å². The molecule has 0 spiro atoms. The normalized spacial score (nSPS) is 11.3. The van der Waals surface area contributed by atoms with Gasteiger partial charge in [0.1, 0.15) is 0 Å². The summed E-state index contributed by atoms with van der Waals surface area (Å²) in [6, 6.07) is 8.13. The third-order valence-corrected chi connectivity index (χ3v) is 3.26. The van der Waals surface area contributed by atoms with E-state index in [1.807, 2.05) is 45.0 Å². The van der Waals surface area contributed by atoms with Crippen LogP contribution in [0.2, 0.25) is 0 Å². The van der Waals surface area contributed by atoms with Gasteiger partial charge < -0.3 is 11.1 Å². The molecule has 0 fully saturated rings. The van der Waals surface area contributed by atoms with E-state index >= 15 is 0 Å². The van der Waals surface area contributed by atoms with E-state index in [-0.39, 0.29) is 5.91 Å². The van der Waals surface area contributed by atoms with E-state index in [2.05, 4.69) is 5.32 Å². The van der Waals surface area contributed by atoms with Crippen molar-refractivity contribution in [2.24, 2.45) is 5.73 Å². The van der Waals surface area contributed by atoms with Crippen LogP contribution in [0.4, 0.5) is 0 Å². The third kappa shape index (κ3) is 3.84. The maximum absolute atomic E-state index is 12.2. The predicted molar refractivity (Wildman–Crippen MR) is 75.5 cm³/mol. The third-order valence-electron chi connectivity index (χ3n) is 3.26. The number of unbranched alkanes of at least 4 members (excludes halogenated alkanes) is 1. The number of amides is 1. The Morgan fingerprint density at radius 2 is 1.83 bits per heavy atom. The van der Waals surface area contributed by atoms with Gasteiger partial charge in [-0.15, -0.1) is 0 Å². The lowest BCUT2D eigenvalue weighted by molar-refractivity contribution is -0.125. The van der Waals surface area contributed by atoms with Crippen LogP contribution in [0.3, 0.4) is 0 Å². The van der Waals surface area contributed by atoms with Crippen LogP contribution < -0.4 is 11.1 Å². The number of benzene rings is 1. The molecule has 0 aliphatic heterocycles. The molecule has 3 heteroatoms. The van der Waals surface area contributed by atoms with Gasteiger partial charge in [-0.05, 0) is 45.7 Å². The summed E-state index contributed by atoms with van der Waals surface area (Å²) in [6.45, 7) is 7.33. The Morgan fingerprint density at radius 3 is 2.39 bits per heavy atom. The van der Waals surface area contributed by atoms with Crippen LogP contribution in [0.25, 0.3) is 0 Å². The second kappa shape index (κ2) is 6.55. The number of carbonyl (C=O) groups is 1. The first-order chi connectivity index (χ1) is 8.48. The Hall–Kier alpha value is -1.35. The predicted octanol–water partition coefficient (Wildman–Crippen LogP) is 2.13. The molecule has 1 aromatic carbocycles. The summed E-state index contributed by atoms with van der Waals surface area (Å²) in [5.74, 6) is 0.0726. The summed E-state index contributed by atoms with van der Waals surface area (Å²) >= 11 is 0. The van der Waals surface area contributed by atoms with Crippen molar-refractivity contribution < 1.29 is 4.79 Å². The van der Waals surface area contributed by atoms with Gasteiger partial charge in [0, 0.05) is 6.54 Å². The minimum absolute atomic E-state index is 0.0726. The molecule has 3 nitrogen and oxygen atoms in total. The van der Waals surface area contributed by atoms with E-state index in [0.717, 1.165) is 18.4 Å². The molecule has 1 rings (SSSR count). The summed E-state index contributed by atoms with van der Waals surface area (Å²) < 4.78 is 0. The van der Waals surface area contributed by atoms with Gasteiger partial charge >= 0.3 is 0 Å². The van der Waals surface area contributed by atoms with Crippen molar-refractivity contribution in [3.8, 4) is 0 Å². The first kappa shape index (κ1) is 14.7. The van der Waals surface area contributed by atoms with Crippen molar-refractivity contribution in [3.63, 3.8) is 0 Å². The molecule has 100 valence electrons. The molecule has 0 radical (unpaired) electrons. The lowest BCUT2D eigenvalue weighted by Crippen LogP contribution is -2.40. The quantitative estimate of drug-likeness (QED) is 0.758. The highest BCUT2D eigenvalue weighted by molar-refractivity contribution is 5.87. The second-order valence-electron chi connectivity index (χ2n) is 5.24. The molecule has 0 aliphatic carbocycles. The number of hydrogen-bond donors (Lipinski definition) is 2. The number of hydrogen-bond acceptors (Lipinski definition) is 2. The number of rotatable bonds is 6. The summed E-state index contributed by atoms with van der Waals surface area (Å²) in [4.78, 5) is 12.2. The highest BCUT2D eigenvalue weighted by Crippen LogP contribution is 2.23. The van der Waals surface area contributed by atoms with Crippen molar-refractivity contribution in [1.82, 2.24) is 5.32 Å². The van der Waals surface area contributed by atoms with Crippen LogP contribution >= 0.6 is 0 Å². The molecule has 1 amide bonds. The van der Waals surface area contributed by atoms with Gasteiger partial charge in [-0.25, -0.2) is 0 Å². The highest BCUT2D eigenvalue weighted by Gasteiger charge is 2.29. The summed E-state index contributed by atoms with van der Waals surface area (Å²) in [5.41, 5.74) is 7.19. The van der Waals surface area contributed by atoms with E-state index < -0.39 is 5.41 Å². The molecule has 3 N–H and O–H groups in total. The number of carbonyl (C=O) groups excluding carboxylic acids is 1. The zero-order chi connectivity index (χ0) is 13.6. The Bertz CT molecular complexity index is 382. The summed E-state index contributed by atoms with van der Waals surface area (Å²) in [5, 5.41) is 2.98. The van der Waals surface area contributed by atoms with Crippen molar-refractivity contribution in [3.05, 3.63) is 35.4 Å². The van der Waals surface area contributed by atoms with E-state index in [0.29, 0.717) is 13.1 Å². The number of nitrogens with two attached hydrogens (primary N) is 1. The Balaban J connectivity index is 2.61. The highest BCUT2D eigenvalue weighted by atomic mass is 16.2. The minimum Gasteiger partial charge on any atom is -0.355 e. The molecular formula is C15H24N2O. The van der Waals surface area contributed by atoms with Crippen LogP contribution in [-0.4, -0.2) is 19.0 Å². The fourth-order valence-corrected chi connectivity index (χ4v) is 1.79. The molecule has 0 saturated carbocycles. The zero-order valence-corrected chi connectivity index (χ0v) is 11.6. The lowest BCUT2D eigenvalue weighted by Gasteiger charge is -2.24. The maximum Gasteiger partial charge on any atom is 0.230 e.